The topological polar surface area (TPSA) is 111 Å². The zero-order chi connectivity index (χ0) is 64.1. The van der Waals surface area contributed by atoms with Crippen molar-refractivity contribution in [1.29, 1.82) is 0 Å². The third-order valence-electron chi connectivity index (χ3n) is 19.9. The lowest BCUT2D eigenvalue weighted by molar-refractivity contribution is -0.203. The molecule has 0 spiro atoms. The summed E-state index contributed by atoms with van der Waals surface area (Å²) in [6.07, 6.45) is 8.93. The van der Waals surface area contributed by atoms with Crippen LogP contribution in [0, 0.1) is 0 Å². The van der Waals surface area contributed by atoms with E-state index in [1.54, 1.807) is 42.7 Å². The molecule has 3 aliphatic rings. The monoisotopic (exact) mass is 1300 g/mol. The van der Waals surface area contributed by atoms with Gasteiger partial charge in [0.25, 0.3) is 0 Å². The average Bonchev–Trinajstić information content (AvgIpc) is 0.858. The smallest absolute Gasteiger partial charge is 0.147 e. The first-order chi connectivity index (χ1) is 44.9. The van der Waals surface area contributed by atoms with Gasteiger partial charge in [-0.2, -0.15) is 0 Å². The lowest BCUT2D eigenvalue weighted by atomic mass is 9.70. The van der Waals surface area contributed by atoms with Crippen LogP contribution in [0.25, 0.3) is 44.5 Å². The summed E-state index contributed by atoms with van der Waals surface area (Å²) in [4.78, 5) is 0. The summed E-state index contributed by atoms with van der Waals surface area (Å²) in [6, 6.07) is 69.3. The van der Waals surface area contributed by atoms with E-state index in [1.807, 2.05) is 12.1 Å². The fourth-order valence-electron chi connectivity index (χ4n) is 14.4. The van der Waals surface area contributed by atoms with Crippen molar-refractivity contribution in [3.05, 3.63) is 232 Å². The van der Waals surface area contributed by atoms with Crippen molar-refractivity contribution < 1.29 is 56.8 Å². The summed E-state index contributed by atoms with van der Waals surface area (Å²) < 4.78 is 73.5. The molecule has 0 saturated heterocycles. The lowest BCUT2D eigenvalue weighted by Crippen LogP contribution is -2.43. The molecule has 0 N–H and O–H groups in total. The Morgan fingerprint density at radius 3 is 0.543 bits per heavy atom. The van der Waals surface area contributed by atoms with Crippen LogP contribution in [-0.4, -0.2) is 91.3 Å². The minimum atomic E-state index is -0.572. The van der Waals surface area contributed by atoms with E-state index in [-0.39, 0.29) is 40.8 Å². The van der Waals surface area contributed by atoms with Crippen LogP contribution < -0.4 is 5.46 Å². The van der Waals surface area contributed by atoms with Crippen LogP contribution in [0.3, 0.4) is 0 Å². The Bertz CT molecular complexity index is 3320. The molecule has 8 aromatic carbocycles. The summed E-state index contributed by atoms with van der Waals surface area (Å²) >= 11 is 3.59. The van der Waals surface area contributed by atoms with Crippen LogP contribution in [0.4, 0.5) is 0 Å². The van der Waals surface area contributed by atoms with E-state index in [9.17, 15) is 0 Å². The van der Waals surface area contributed by atoms with E-state index < -0.39 is 33.6 Å². The summed E-state index contributed by atoms with van der Waals surface area (Å²) in [7, 11) is 16.1. The molecular weight excluding hydrogens is 1220 g/mol. The Morgan fingerprint density at radius 2 is 0.380 bits per heavy atom. The quantitative estimate of drug-likeness (QED) is 0.0344. The molecule has 2 radical (unpaired) electrons. The van der Waals surface area contributed by atoms with Crippen LogP contribution in [0.5, 0.6) is 0 Å². The van der Waals surface area contributed by atoms with Gasteiger partial charge in [0.05, 0.1) is 33.6 Å². The second kappa shape index (κ2) is 30.5. The van der Waals surface area contributed by atoms with Crippen molar-refractivity contribution in [3.63, 3.8) is 0 Å². The maximum absolute atomic E-state index is 6.72. The maximum atomic E-state index is 6.72. The first-order valence-electron chi connectivity index (χ1n) is 31.9. The van der Waals surface area contributed by atoms with Gasteiger partial charge in [-0.05, 0) is 167 Å². The Labute approximate surface area is 553 Å². The van der Waals surface area contributed by atoms with Crippen LogP contribution >= 0.6 is 15.9 Å². The Balaban J connectivity index is 0.735. The fraction of sp³-hybridized carbons (Fsp3) is 0.385. The van der Waals surface area contributed by atoms with Gasteiger partial charge in [0.1, 0.15) is 48.6 Å². The number of hydrogen-bond donors (Lipinski definition) is 0. The molecular formula is C78H86BBrO12. The Hall–Kier alpha value is -6.18. The van der Waals surface area contributed by atoms with Gasteiger partial charge in [-0.25, -0.2) is 0 Å². The largest absolute Gasteiger partial charge is 0.359 e. The molecule has 11 rings (SSSR count). The minimum Gasteiger partial charge on any atom is -0.359 e. The van der Waals surface area contributed by atoms with E-state index in [2.05, 4.69) is 198 Å². The van der Waals surface area contributed by atoms with E-state index in [0.29, 0.717) is 0 Å². The first-order valence-corrected chi connectivity index (χ1v) is 32.7. The number of benzene rings is 8. The molecule has 480 valence electrons. The van der Waals surface area contributed by atoms with Gasteiger partial charge < -0.3 is 56.8 Å². The SMILES string of the molecule is [B]c1ccc(C2(OCOC)CCC(OCOC)(c3ccc(-c4ccc(-c5ccc(C6(OCOC)CCC(OCOC)(c7ccc(-c8ccc(-c9ccc(C%10(OCOC)CCC(OCOC)(c%11ccc(Br)cc%11)CC%10)cc9)cc8)cc7)CC6)cc5)cc4)cc3)CC2)cc1. The van der Waals surface area contributed by atoms with Gasteiger partial charge >= 0.3 is 0 Å². The standard InChI is InChI=1S/C78H86BBrO12/c1-81-51-87-73(65-23-15-61(16-24-65)57-7-11-59(12-8-57)63-19-27-67(28-20-63)75(89-53-83-3)43-47-77(48-44-75,91-55-85-5)69-31-35-71(79)36-32-69)39-41-74(42-40-73,88-52-82-2)66-25-17-62(18-26-66)58-9-13-60(14-10-58)64-21-29-68(30-22-64)76(90-54-84-4)45-49-78(50-46-76,92-56-86-6)70-33-37-72(80)38-34-70/h7-38H,39-56H2,1-6H3. The molecule has 0 heterocycles. The van der Waals surface area contributed by atoms with Gasteiger partial charge in [-0.15, -0.1) is 0 Å². The van der Waals surface area contributed by atoms with Crippen LogP contribution in [0.2, 0.25) is 0 Å². The average molecular weight is 1310 g/mol. The normalized spacial score (nSPS) is 24.2. The van der Waals surface area contributed by atoms with Crippen molar-refractivity contribution in [2.75, 3.05) is 83.4 Å². The molecule has 3 saturated carbocycles. The summed E-state index contributed by atoms with van der Waals surface area (Å²) in [5.74, 6) is 0. The minimum absolute atomic E-state index is 0.177. The Morgan fingerprint density at radius 1 is 0.239 bits per heavy atom. The number of rotatable bonds is 28. The number of hydrogen-bond acceptors (Lipinski definition) is 12. The molecule has 0 aromatic heterocycles. The van der Waals surface area contributed by atoms with Gasteiger partial charge in [0, 0.05) is 47.1 Å². The molecule has 3 fully saturated rings. The van der Waals surface area contributed by atoms with E-state index in [1.165, 1.54) is 0 Å². The highest BCUT2D eigenvalue weighted by molar-refractivity contribution is 9.10. The number of halogens is 1. The molecule has 0 unspecified atom stereocenters. The fourth-order valence-corrected chi connectivity index (χ4v) is 14.7. The molecule has 8 aromatic rings. The molecule has 3 aliphatic carbocycles. The third-order valence-corrected chi connectivity index (χ3v) is 20.4. The van der Waals surface area contributed by atoms with E-state index in [4.69, 9.17) is 64.7 Å². The van der Waals surface area contributed by atoms with Gasteiger partial charge in [0.2, 0.25) is 0 Å². The van der Waals surface area contributed by atoms with Crippen LogP contribution in [0.15, 0.2) is 199 Å². The molecule has 0 amide bonds. The predicted molar refractivity (Wildman–Crippen MR) is 364 cm³/mol. The van der Waals surface area contributed by atoms with Crippen molar-refractivity contribution in [3.8, 4) is 44.5 Å². The first kappa shape index (κ1) is 67.3. The zero-order valence-corrected chi connectivity index (χ0v) is 55.6. The molecule has 14 heteroatoms. The molecule has 0 atom stereocenters. The molecule has 0 aliphatic heterocycles. The summed E-state index contributed by atoms with van der Waals surface area (Å²) in [5.41, 5.74) is 13.3. The highest BCUT2D eigenvalue weighted by Crippen LogP contribution is 2.54. The number of methoxy groups -OCH3 is 6. The van der Waals surface area contributed by atoms with Crippen molar-refractivity contribution in [2.24, 2.45) is 0 Å². The van der Waals surface area contributed by atoms with Gasteiger partial charge in [-0.3, -0.25) is 0 Å². The van der Waals surface area contributed by atoms with Crippen LogP contribution in [-0.2, 0) is 90.4 Å². The van der Waals surface area contributed by atoms with Gasteiger partial charge in [0.15, 0.2) is 0 Å². The number of ether oxygens (including phenoxy) is 12. The maximum Gasteiger partial charge on any atom is 0.147 e. The van der Waals surface area contributed by atoms with Crippen molar-refractivity contribution in [2.45, 2.75) is 111 Å². The van der Waals surface area contributed by atoms with Crippen LogP contribution in [0.1, 0.15) is 110 Å². The third kappa shape index (κ3) is 14.7. The second-order valence-electron chi connectivity index (χ2n) is 24.9. The highest BCUT2D eigenvalue weighted by atomic mass is 79.9. The predicted octanol–water partition coefficient (Wildman–Crippen LogP) is 16.6. The molecule has 92 heavy (non-hydrogen) atoms. The highest BCUT2D eigenvalue weighted by Gasteiger charge is 2.49. The molecule has 0 bridgehead atoms. The lowest BCUT2D eigenvalue weighted by Gasteiger charge is -2.46. The van der Waals surface area contributed by atoms with Gasteiger partial charge in [-0.1, -0.05) is 203 Å². The summed E-state index contributed by atoms with van der Waals surface area (Å²) in [5, 5.41) is 0. The van der Waals surface area contributed by atoms with E-state index in [0.717, 1.165) is 165 Å². The Kier molecular flexibility index (Phi) is 22.3. The second-order valence-corrected chi connectivity index (χ2v) is 25.8. The van der Waals surface area contributed by atoms with Crippen molar-refractivity contribution >= 4 is 29.2 Å². The van der Waals surface area contributed by atoms with Crippen molar-refractivity contribution in [1.82, 2.24) is 0 Å². The molecule has 12 nitrogen and oxygen atoms in total. The summed E-state index contributed by atoms with van der Waals surface area (Å²) in [6.45, 7) is 1.16. The van der Waals surface area contributed by atoms with E-state index >= 15 is 0 Å². The zero-order valence-electron chi connectivity index (χ0n) is 54.1.